The Bertz CT molecular complexity index is 410. The minimum absolute atomic E-state index is 0.0208. The van der Waals surface area contributed by atoms with Crippen molar-refractivity contribution in [3.05, 3.63) is 35.6 Å². The monoisotopic (exact) mass is 268 g/mol. The fraction of sp³-hybridized carbons (Fsp3) is 0.500. The molecule has 0 heterocycles. The number of ether oxygens (including phenoxy) is 1. The zero-order chi connectivity index (χ0) is 14.3. The lowest BCUT2D eigenvalue weighted by atomic mass is 10.2. The van der Waals surface area contributed by atoms with Crippen molar-refractivity contribution in [2.45, 2.75) is 6.54 Å². The first-order valence-corrected chi connectivity index (χ1v) is 6.19. The summed E-state index contributed by atoms with van der Waals surface area (Å²) >= 11 is 0. The van der Waals surface area contributed by atoms with Crippen molar-refractivity contribution in [2.24, 2.45) is 0 Å². The van der Waals surface area contributed by atoms with Gasteiger partial charge in [0.2, 0.25) is 5.91 Å². The van der Waals surface area contributed by atoms with Gasteiger partial charge in [-0.05, 0) is 17.7 Å². The van der Waals surface area contributed by atoms with Crippen LogP contribution >= 0.6 is 0 Å². The number of nitrogens with zero attached hydrogens (tertiary/aromatic N) is 2. The Morgan fingerprint density at radius 1 is 1.37 bits per heavy atom. The molecule has 1 aromatic carbocycles. The van der Waals surface area contributed by atoms with E-state index in [0.29, 0.717) is 26.2 Å². The van der Waals surface area contributed by atoms with Crippen molar-refractivity contribution in [3.63, 3.8) is 0 Å². The number of carbonyl (C=O) groups is 1. The van der Waals surface area contributed by atoms with Crippen LogP contribution in [-0.4, -0.2) is 56.6 Å². The molecule has 0 atom stereocenters. The smallest absolute Gasteiger partial charge is 0.236 e. The molecule has 0 aromatic heterocycles. The van der Waals surface area contributed by atoms with E-state index in [0.717, 1.165) is 5.56 Å². The second-order valence-corrected chi connectivity index (χ2v) is 4.62. The molecule has 0 fully saturated rings. The Balaban J connectivity index is 2.65. The van der Waals surface area contributed by atoms with Gasteiger partial charge in [-0.25, -0.2) is 4.39 Å². The second-order valence-electron chi connectivity index (χ2n) is 4.62. The Morgan fingerprint density at radius 2 is 2.11 bits per heavy atom. The first-order chi connectivity index (χ1) is 9.02. The van der Waals surface area contributed by atoms with Gasteiger partial charge in [0, 0.05) is 34.3 Å². The number of benzene rings is 1. The highest BCUT2D eigenvalue weighted by Crippen LogP contribution is 2.07. The molecule has 1 amide bonds. The summed E-state index contributed by atoms with van der Waals surface area (Å²) in [5.41, 5.74) is 0.850. The van der Waals surface area contributed by atoms with Gasteiger partial charge in [0.15, 0.2) is 0 Å². The maximum Gasteiger partial charge on any atom is 0.236 e. The van der Waals surface area contributed by atoms with Gasteiger partial charge in [0.05, 0.1) is 13.2 Å². The van der Waals surface area contributed by atoms with Gasteiger partial charge in [0.1, 0.15) is 5.82 Å². The summed E-state index contributed by atoms with van der Waals surface area (Å²) in [6.07, 6.45) is 0. The molecule has 0 bridgehead atoms. The zero-order valence-corrected chi connectivity index (χ0v) is 11.7. The largest absolute Gasteiger partial charge is 0.383 e. The molecule has 0 aliphatic heterocycles. The Hall–Kier alpha value is -1.46. The number of hydrogen-bond acceptors (Lipinski definition) is 3. The molecule has 4 nitrogen and oxygen atoms in total. The minimum Gasteiger partial charge on any atom is -0.383 e. The van der Waals surface area contributed by atoms with Crippen LogP contribution in [0.4, 0.5) is 4.39 Å². The number of halogens is 1. The molecule has 1 aromatic rings. The summed E-state index contributed by atoms with van der Waals surface area (Å²) in [5.74, 6) is -0.240. The van der Waals surface area contributed by atoms with E-state index in [9.17, 15) is 9.18 Å². The molecule has 106 valence electrons. The van der Waals surface area contributed by atoms with E-state index in [1.807, 2.05) is 11.0 Å². The highest BCUT2D eigenvalue weighted by molar-refractivity contribution is 5.77. The van der Waals surface area contributed by atoms with Crippen molar-refractivity contribution in [1.82, 2.24) is 9.80 Å². The lowest BCUT2D eigenvalue weighted by molar-refractivity contribution is -0.130. The van der Waals surface area contributed by atoms with Gasteiger partial charge in [-0.3, -0.25) is 9.69 Å². The van der Waals surface area contributed by atoms with Crippen molar-refractivity contribution in [3.8, 4) is 0 Å². The van der Waals surface area contributed by atoms with Crippen LogP contribution in [0.1, 0.15) is 5.56 Å². The Kier molecular flexibility index (Phi) is 6.45. The van der Waals surface area contributed by atoms with E-state index in [1.165, 1.54) is 12.1 Å². The maximum absolute atomic E-state index is 13.1. The molecule has 19 heavy (non-hydrogen) atoms. The molecule has 0 radical (unpaired) electrons. The number of hydrogen-bond donors (Lipinski definition) is 0. The minimum atomic E-state index is -0.261. The van der Waals surface area contributed by atoms with Gasteiger partial charge in [-0.15, -0.1) is 0 Å². The summed E-state index contributed by atoms with van der Waals surface area (Å²) in [7, 11) is 5.06. The first kappa shape index (κ1) is 15.6. The van der Waals surface area contributed by atoms with Crippen molar-refractivity contribution in [2.75, 3.05) is 40.9 Å². The standard InChI is InChI=1S/C14H21FN2O2/c1-16(2)14(18)11-17(7-8-19-3)10-12-5-4-6-13(15)9-12/h4-6,9H,7-8,10-11H2,1-3H3. The average Bonchev–Trinajstić information content (AvgIpc) is 2.35. The Labute approximate surface area is 113 Å². The second kappa shape index (κ2) is 7.86. The van der Waals surface area contributed by atoms with Crippen LogP contribution in [-0.2, 0) is 16.1 Å². The van der Waals surface area contributed by atoms with Crippen molar-refractivity contribution < 1.29 is 13.9 Å². The van der Waals surface area contributed by atoms with Crippen molar-refractivity contribution >= 4 is 5.91 Å². The van der Waals surface area contributed by atoms with Crippen LogP contribution in [0.3, 0.4) is 0 Å². The molecule has 0 aliphatic carbocycles. The van der Waals surface area contributed by atoms with Gasteiger partial charge >= 0.3 is 0 Å². The van der Waals surface area contributed by atoms with Crippen LogP contribution in [0.25, 0.3) is 0 Å². The van der Waals surface area contributed by atoms with E-state index in [4.69, 9.17) is 4.74 Å². The number of amides is 1. The highest BCUT2D eigenvalue weighted by Gasteiger charge is 2.12. The summed E-state index contributed by atoms with van der Waals surface area (Å²) < 4.78 is 18.2. The van der Waals surface area contributed by atoms with Gasteiger partial charge < -0.3 is 9.64 Å². The van der Waals surface area contributed by atoms with Gasteiger partial charge in [0.25, 0.3) is 0 Å². The van der Waals surface area contributed by atoms with Crippen LogP contribution < -0.4 is 0 Å². The summed E-state index contributed by atoms with van der Waals surface area (Å²) in [4.78, 5) is 15.2. The summed E-state index contributed by atoms with van der Waals surface area (Å²) in [6, 6.07) is 6.42. The van der Waals surface area contributed by atoms with E-state index in [2.05, 4.69) is 0 Å². The van der Waals surface area contributed by atoms with Crippen LogP contribution in [0.2, 0.25) is 0 Å². The number of likely N-dealkylation sites (N-methyl/N-ethyl adjacent to an activating group) is 1. The SMILES string of the molecule is COCCN(CC(=O)N(C)C)Cc1cccc(F)c1. The van der Waals surface area contributed by atoms with Crippen LogP contribution in [0, 0.1) is 5.82 Å². The summed E-state index contributed by atoms with van der Waals surface area (Å²) in [6.45, 7) is 2.00. The van der Waals surface area contributed by atoms with Gasteiger partial charge in [-0.2, -0.15) is 0 Å². The molecule has 0 aliphatic rings. The third kappa shape index (κ3) is 5.81. The molecule has 0 saturated heterocycles. The molecule has 5 heteroatoms. The van der Waals surface area contributed by atoms with E-state index < -0.39 is 0 Å². The molecule has 0 spiro atoms. The quantitative estimate of drug-likeness (QED) is 0.748. The van der Waals surface area contributed by atoms with Crippen LogP contribution in [0.15, 0.2) is 24.3 Å². The Morgan fingerprint density at radius 3 is 2.68 bits per heavy atom. The topological polar surface area (TPSA) is 32.8 Å². The molecular formula is C14H21FN2O2. The highest BCUT2D eigenvalue weighted by atomic mass is 19.1. The predicted octanol–water partition coefficient (Wildman–Crippen LogP) is 1.36. The average molecular weight is 268 g/mol. The zero-order valence-electron chi connectivity index (χ0n) is 11.7. The molecule has 1 rings (SSSR count). The lowest BCUT2D eigenvalue weighted by Crippen LogP contribution is -2.37. The third-order valence-corrected chi connectivity index (χ3v) is 2.76. The van der Waals surface area contributed by atoms with E-state index in [1.54, 1.807) is 32.2 Å². The van der Waals surface area contributed by atoms with E-state index in [-0.39, 0.29) is 11.7 Å². The number of methoxy groups -OCH3 is 1. The third-order valence-electron chi connectivity index (χ3n) is 2.76. The first-order valence-electron chi connectivity index (χ1n) is 6.19. The molecule has 0 unspecified atom stereocenters. The fourth-order valence-electron chi connectivity index (χ4n) is 1.66. The van der Waals surface area contributed by atoms with E-state index >= 15 is 0 Å². The predicted molar refractivity (Wildman–Crippen MR) is 72.2 cm³/mol. The van der Waals surface area contributed by atoms with Crippen molar-refractivity contribution in [1.29, 1.82) is 0 Å². The normalized spacial score (nSPS) is 10.8. The molecular weight excluding hydrogens is 247 g/mol. The lowest BCUT2D eigenvalue weighted by Gasteiger charge is -2.23. The van der Waals surface area contributed by atoms with Crippen LogP contribution in [0.5, 0.6) is 0 Å². The molecule has 0 saturated carbocycles. The number of rotatable bonds is 7. The van der Waals surface area contributed by atoms with Gasteiger partial charge in [-0.1, -0.05) is 12.1 Å². The summed E-state index contributed by atoms with van der Waals surface area (Å²) in [5, 5.41) is 0. The number of carbonyl (C=O) groups excluding carboxylic acids is 1. The fourth-order valence-corrected chi connectivity index (χ4v) is 1.66. The maximum atomic E-state index is 13.1. The molecule has 0 N–H and O–H groups in total.